The Kier molecular flexibility index (Phi) is 2.43. The zero-order valence-electron chi connectivity index (χ0n) is 8.34. The summed E-state index contributed by atoms with van der Waals surface area (Å²) in [5, 5.41) is 0. The summed E-state index contributed by atoms with van der Waals surface area (Å²) >= 11 is 0. The summed E-state index contributed by atoms with van der Waals surface area (Å²) in [6.45, 7) is 0. The molecule has 2 aromatic rings. The van der Waals surface area contributed by atoms with Crippen LogP contribution in [0.1, 0.15) is 0 Å². The van der Waals surface area contributed by atoms with E-state index in [4.69, 9.17) is 8.83 Å². The van der Waals surface area contributed by atoms with E-state index in [9.17, 15) is 13.2 Å². The van der Waals surface area contributed by atoms with Gasteiger partial charge < -0.3 is 8.83 Å². The molecule has 0 unspecified atom stereocenters. The predicted octanol–water partition coefficient (Wildman–Crippen LogP) is 1.30. The highest BCUT2D eigenvalue weighted by molar-refractivity contribution is 7.90. The maximum Gasteiger partial charge on any atom is 0.337 e. The van der Waals surface area contributed by atoms with E-state index in [2.05, 4.69) is 0 Å². The van der Waals surface area contributed by atoms with Crippen molar-refractivity contribution in [1.82, 2.24) is 0 Å². The Labute approximate surface area is 91.2 Å². The summed E-state index contributed by atoms with van der Waals surface area (Å²) in [7, 11) is -3.44. The molecule has 0 saturated carbocycles. The molecule has 0 aliphatic heterocycles. The molecule has 16 heavy (non-hydrogen) atoms. The van der Waals surface area contributed by atoms with Crippen LogP contribution in [0.25, 0.3) is 11.5 Å². The van der Waals surface area contributed by atoms with Gasteiger partial charge in [0.2, 0.25) is 0 Å². The molecule has 2 rings (SSSR count). The summed E-state index contributed by atoms with van der Waals surface area (Å²) in [6.07, 6.45) is 2.43. The van der Waals surface area contributed by atoms with Crippen LogP contribution in [-0.4, -0.2) is 14.7 Å². The number of rotatable bonds is 2. The van der Waals surface area contributed by atoms with Crippen LogP contribution in [0.5, 0.6) is 0 Å². The molecule has 0 aliphatic carbocycles. The van der Waals surface area contributed by atoms with E-state index >= 15 is 0 Å². The molecule has 0 saturated heterocycles. The Morgan fingerprint density at radius 2 is 1.94 bits per heavy atom. The molecular formula is C10H8O5S. The minimum Gasteiger partial charge on any atom is -0.461 e. The zero-order chi connectivity index (χ0) is 11.8. The van der Waals surface area contributed by atoms with Gasteiger partial charge in [0.05, 0.1) is 11.2 Å². The molecule has 6 heteroatoms. The fraction of sp³-hybridized carbons (Fsp3) is 0.100. The monoisotopic (exact) mass is 240 g/mol. The molecule has 5 nitrogen and oxygen atoms in total. The molecule has 0 amide bonds. The highest BCUT2D eigenvalue weighted by Gasteiger charge is 2.13. The van der Waals surface area contributed by atoms with Crippen molar-refractivity contribution in [3.05, 3.63) is 40.9 Å². The third-order valence-corrected chi connectivity index (χ3v) is 3.03. The molecule has 0 fully saturated rings. The summed E-state index contributed by atoms with van der Waals surface area (Å²) in [4.78, 5) is 11.1. The second-order valence-electron chi connectivity index (χ2n) is 3.23. The third-order valence-electron chi connectivity index (χ3n) is 1.94. The Balaban J connectivity index is 2.67. The molecule has 2 aromatic heterocycles. The first-order valence-electron chi connectivity index (χ1n) is 4.36. The van der Waals surface area contributed by atoms with Crippen molar-refractivity contribution in [3.63, 3.8) is 0 Å². The van der Waals surface area contributed by atoms with Gasteiger partial charge in [-0.05, 0) is 12.1 Å². The lowest BCUT2D eigenvalue weighted by molar-refractivity contribution is 0.486. The van der Waals surface area contributed by atoms with Crippen molar-refractivity contribution in [2.75, 3.05) is 6.26 Å². The number of hydrogen-bond donors (Lipinski definition) is 0. The maximum absolute atomic E-state index is 11.3. The van der Waals surface area contributed by atoms with Gasteiger partial charge in [0.15, 0.2) is 21.4 Å². The first-order valence-corrected chi connectivity index (χ1v) is 6.25. The SMILES string of the molecule is CS(=O)(=O)c1cc(-c2ccco2)oc(=O)c1. The van der Waals surface area contributed by atoms with Gasteiger partial charge in [-0.25, -0.2) is 13.2 Å². The molecule has 0 N–H and O–H groups in total. The maximum atomic E-state index is 11.3. The average Bonchev–Trinajstić information content (AvgIpc) is 2.68. The van der Waals surface area contributed by atoms with E-state index in [1.54, 1.807) is 12.1 Å². The van der Waals surface area contributed by atoms with Gasteiger partial charge in [-0.1, -0.05) is 0 Å². The van der Waals surface area contributed by atoms with Crippen LogP contribution in [0.15, 0.2) is 49.1 Å². The second kappa shape index (κ2) is 3.64. The highest BCUT2D eigenvalue weighted by atomic mass is 32.2. The summed E-state index contributed by atoms with van der Waals surface area (Å²) in [5.41, 5.74) is -0.727. The van der Waals surface area contributed by atoms with Crippen molar-refractivity contribution < 1.29 is 17.3 Å². The van der Waals surface area contributed by atoms with Crippen molar-refractivity contribution in [3.8, 4) is 11.5 Å². The first kappa shape index (κ1) is 10.7. The molecule has 0 spiro atoms. The largest absolute Gasteiger partial charge is 0.461 e. The molecule has 0 aromatic carbocycles. The second-order valence-corrected chi connectivity index (χ2v) is 5.24. The van der Waals surface area contributed by atoms with Gasteiger partial charge >= 0.3 is 5.63 Å². The highest BCUT2D eigenvalue weighted by Crippen LogP contribution is 2.20. The van der Waals surface area contributed by atoms with Crippen LogP contribution in [0, 0.1) is 0 Å². The van der Waals surface area contributed by atoms with Crippen LogP contribution in [-0.2, 0) is 9.84 Å². The molecule has 0 bridgehead atoms. The molecule has 0 aliphatic rings. The van der Waals surface area contributed by atoms with Gasteiger partial charge in [-0.15, -0.1) is 0 Å². The lowest BCUT2D eigenvalue weighted by Gasteiger charge is -1.99. The van der Waals surface area contributed by atoms with Crippen LogP contribution >= 0.6 is 0 Å². The summed E-state index contributed by atoms with van der Waals surface area (Å²) < 4.78 is 32.4. The normalized spacial score (nSPS) is 11.6. The molecular weight excluding hydrogens is 232 g/mol. The lowest BCUT2D eigenvalue weighted by Crippen LogP contribution is -2.05. The topological polar surface area (TPSA) is 77.5 Å². The van der Waals surface area contributed by atoms with E-state index in [1.807, 2.05) is 0 Å². The van der Waals surface area contributed by atoms with Gasteiger partial charge in [0.25, 0.3) is 0 Å². The quantitative estimate of drug-likeness (QED) is 0.790. The molecule has 84 valence electrons. The Hall–Kier alpha value is -1.82. The van der Waals surface area contributed by atoms with E-state index in [1.165, 1.54) is 12.3 Å². The van der Waals surface area contributed by atoms with E-state index in [0.29, 0.717) is 5.76 Å². The van der Waals surface area contributed by atoms with Crippen LogP contribution in [0.4, 0.5) is 0 Å². The lowest BCUT2D eigenvalue weighted by atomic mass is 10.3. The average molecular weight is 240 g/mol. The Morgan fingerprint density at radius 1 is 1.19 bits per heavy atom. The minimum absolute atomic E-state index is 0.0878. The minimum atomic E-state index is -3.44. The van der Waals surface area contributed by atoms with Crippen molar-refractivity contribution in [1.29, 1.82) is 0 Å². The van der Waals surface area contributed by atoms with Crippen LogP contribution < -0.4 is 5.63 Å². The first-order chi connectivity index (χ1) is 7.47. The van der Waals surface area contributed by atoms with Crippen LogP contribution in [0.2, 0.25) is 0 Å². The fourth-order valence-electron chi connectivity index (χ4n) is 1.21. The van der Waals surface area contributed by atoms with Gasteiger partial charge in [0.1, 0.15) is 0 Å². The van der Waals surface area contributed by atoms with Gasteiger partial charge in [-0.3, -0.25) is 0 Å². The third kappa shape index (κ3) is 2.06. The smallest absolute Gasteiger partial charge is 0.337 e. The van der Waals surface area contributed by atoms with Crippen molar-refractivity contribution in [2.45, 2.75) is 4.90 Å². The van der Waals surface area contributed by atoms with Crippen molar-refractivity contribution >= 4 is 9.84 Å². The van der Waals surface area contributed by atoms with E-state index in [-0.39, 0.29) is 10.7 Å². The molecule has 2 heterocycles. The molecule has 0 radical (unpaired) electrons. The number of furan rings is 1. The van der Waals surface area contributed by atoms with Gasteiger partial charge in [-0.2, -0.15) is 0 Å². The zero-order valence-corrected chi connectivity index (χ0v) is 9.15. The number of hydrogen-bond acceptors (Lipinski definition) is 5. The van der Waals surface area contributed by atoms with Gasteiger partial charge in [0, 0.05) is 18.4 Å². The summed E-state index contributed by atoms with van der Waals surface area (Å²) in [5.74, 6) is 0.403. The van der Waals surface area contributed by atoms with E-state index in [0.717, 1.165) is 12.3 Å². The number of sulfone groups is 1. The van der Waals surface area contributed by atoms with Crippen molar-refractivity contribution in [2.24, 2.45) is 0 Å². The Morgan fingerprint density at radius 3 is 2.50 bits per heavy atom. The van der Waals surface area contributed by atoms with E-state index < -0.39 is 15.5 Å². The summed E-state index contributed by atoms with van der Waals surface area (Å²) in [6, 6.07) is 5.38. The molecule has 0 atom stereocenters. The van der Waals surface area contributed by atoms with Crippen LogP contribution in [0.3, 0.4) is 0 Å². The predicted molar refractivity (Wildman–Crippen MR) is 55.8 cm³/mol. The fourth-order valence-corrected chi connectivity index (χ4v) is 1.84. The standard InChI is InChI=1S/C10H8O5S/c1-16(12,13)7-5-9(15-10(11)6-7)8-3-2-4-14-8/h2-6H,1H3. The Bertz CT molecular complexity index is 649.